The maximum atomic E-state index is 13.6. The van der Waals surface area contributed by atoms with Crippen LogP contribution < -0.4 is 5.32 Å². The number of tetrazole rings is 1. The van der Waals surface area contributed by atoms with Crippen molar-refractivity contribution in [3.8, 4) is 5.69 Å². The zero-order chi connectivity index (χ0) is 18.0. The number of hydrogen-bond donors (Lipinski definition) is 1. The molecule has 0 bridgehead atoms. The lowest BCUT2D eigenvalue weighted by Crippen LogP contribution is -2.09. The average Bonchev–Trinajstić information content (AvgIpc) is 3.04. The van der Waals surface area contributed by atoms with E-state index in [1.54, 1.807) is 31.2 Å². The third kappa shape index (κ3) is 3.82. The molecule has 0 aliphatic carbocycles. The van der Waals surface area contributed by atoms with Crippen molar-refractivity contribution >= 4 is 15.5 Å². The van der Waals surface area contributed by atoms with Gasteiger partial charge in [0.2, 0.25) is 0 Å². The Morgan fingerprint density at radius 2 is 1.88 bits per heavy atom. The van der Waals surface area contributed by atoms with E-state index in [-0.39, 0.29) is 17.3 Å². The van der Waals surface area contributed by atoms with Crippen LogP contribution in [-0.4, -0.2) is 34.9 Å². The fourth-order valence-corrected chi connectivity index (χ4v) is 2.87. The molecular formula is C16H16FN5O2S. The number of halogens is 1. The van der Waals surface area contributed by atoms with Crippen molar-refractivity contribution in [1.29, 1.82) is 0 Å². The summed E-state index contributed by atoms with van der Waals surface area (Å²) in [5.41, 5.74) is 1.82. The highest BCUT2D eigenvalue weighted by atomic mass is 32.2. The highest BCUT2D eigenvalue weighted by Gasteiger charge is 2.11. The van der Waals surface area contributed by atoms with Crippen molar-refractivity contribution in [2.45, 2.75) is 18.4 Å². The Kier molecular flexibility index (Phi) is 4.49. The molecule has 3 rings (SSSR count). The Labute approximate surface area is 144 Å². The number of nitrogens with zero attached hydrogens (tertiary/aromatic N) is 4. The molecule has 7 nitrogen and oxygen atoms in total. The first-order valence-electron chi connectivity index (χ1n) is 7.42. The summed E-state index contributed by atoms with van der Waals surface area (Å²) in [6, 6.07) is 11.1. The molecule has 9 heteroatoms. The molecule has 0 atom stereocenters. The summed E-state index contributed by atoms with van der Waals surface area (Å²) in [5.74, 6) is 0.217. The minimum atomic E-state index is -3.26. The average molecular weight is 361 g/mol. The monoisotopic (exact) mass is 361 g/mol. The van der Waals surface area contributed by atoms with Crippen LogP contribution in [0.4, 0.5) is 10.1 Å². The Balaban J connectivity index is 1.79. The molecule has 0 radical (unpaired) electrons. The Morgan fingerprint density at radius 3 is 2.52 bits per heavy atom. The van der Waals surface area contributed by atoms with E-state index in [2.05, 4.69) is 20.8 Å². The summed E-state index contributed by atoms with van der Waals surface area (Å²) in [7, 11) is -3.26. The minimum Gasteiger partial charge on any atom is -0.378 e. The zero-order valence-electron chi connectivity index (χ0n) is 13.6. The molecule has 0 spiro atoms. The Bertz CT molecular complexity index is 1000. The minimum absolute atomic E-state index is 0.221. The van der Waals surface area contributed by atoms with Gasteiger partial charge in [-0.1, -0.05) is 6.07 Å². The molecule has 25 heavy (non-hydrogen) atoms. The maximum absolute atomic E-state index is 13.6. The second-order valence-corrected chi connectivity index (χ2v) is 7.61. The lowest BCUT2D eigenvalue weighted by atomic mass is 10.2. The van der Waals surface area contributed by atoms with Crippen LogP contribution in [0, 0.1) is 12.7 Å². The molecule has 0 aliphatic rings. The summed E-state index contributed by atoms with van der Waals surface area (Å²) in [4.78, 5) is 0.221. The highest BCUT2D eigenvalue weighted by Crippen LogP contribution is 2.16. The zero-order valence-corrected chi connectivity index (χ0v) is 14.5. The normalized spacial score (nSPS) is 11.5. The van der Waals surface area contributed by atoms with Gasteiger partial charge in [-0.15, -0.1) is 5.10 Å². The molecule has 0 unspecified atom stereocenters. The van der Waals surface area contributed by atoms with Gasteiger partial charge in [0.25, 0.3) is 0 Å². The molecule has 130 valence electrons. The molecule has 1 heterocycles. The van der Waals surface area contributed by atoms with Crippen LogP contribution in [0.2, 0.25) is 0 Å². The van der Waals surface area contributed by atoms with Crippen molar-refractivity contribution in [3.63, 3.8) is 0 Å². The Morgan fingerprint density at radius 1 is 1.16 bits per heavy atom. The number of sulfone groups is 1. The van der Waals surface area contributed by atoms with Crippen LogP contribution in [0.3, 0.4) is 0 Å². The summed E-state index contributed by atoms with van der Waals surface area (Å²) in [6.07, 6.45) is 1.15. The van der Waals surface area contributed by atoms with E-state index >= 15 is 0 Å². The standard InChI is InChI=1S/C16H16FN5O2S/c1-11-3-4-12(9-15(11)17)18-10-16-19-20-21-22(16)13-5-7-14(8-6-13)25(2,23)24/h3-9,18H,10H2,1-2H3. The van der Waals surface area contributed by atoms with E-state index in [0.717, 1.165) is 6.26 Å². The SMILES string of the molecule is Cc1ccc(NCc2nnnn2-c2ccc(S(C)(=O)=O)cc2)cc1F. The van der Waals surface area contributed by atoms with Crippen LogP contribution in [0.25, 0.3) is 5.69 Å². The van der Waals surface area contributed by atoms with Crippen molar-refractivity contribution in [3.05, 3.63) is 59.7 Å². The second-order valence-electron chi connectivity index (χ2n) is 5.59. The first-order chi connectivity index (χ1) is 11.8. The Hall–Kier alpha value is -2.81. The van der Waals surface area contributed by atoms with Gasteiger partial charge in [-0.05, 0) is 59.3 Å². The smallest absolute Gasteiger partial charge is 0.175 e. The van der Waals surface area contributed by atoms with E-state index in [1.165, 1.54) is 22.9 Å². The predicted molar refractivity (Wildman–Crippen MR) is 90.7 cm³/mol. The van der Waals surface area contributed by atoms with Gasteiger partial charge in [-0.3, -0.25) is 0 Å². The van der Waals surface area contributed by atoms with Gasteiger partial charge >= 0.3 is 0 Å². The van der Waals surface area contributed by atoms with Crippen LogP contribution in [0.15, 0.2) is 47.4 Å². The molecule has 3 aromatic rings. The number of hydrogen-bond acceptors (Lipinski definition) is 6. The fraction of sp³-hybridized carbons (Fsp3) is 0.188. The number of rotatable bonds is 5. The molecular weight excluding hydrogens is 345 g/mol. The number of anilines is 1. The summed E-state index contributed by atoms with van der Waals surface area (Å²) in [5, 5.41) is 14.6. The van der Waals surface area contributed by atoms with Gasteiger partial charge in [0, 0.05) is 11.9 Å². The number of aromatic nitrogens is 4. The van der Waals surface area contributed by atoms with Crippen LogP contribution in [0.1, 0.15) is 11.4 Å². The van der Waals surface area contributed by atoms with E-state index in [9.17, 15) is 12.8 Å². The summed E-state index contributed by atoms with van der Waals surface area (Å²) in [6.45, 7) is 1.98. The topological polar surface area (TPSA) is 89.8 Å². The van der Waals surface area contributed by atoms with Gasteiger partial charge in [0.15, 0.2) is 15.7 Å². The van der Waals surface area contributed by atoms with E-state index in [0.29, 0.717) is 22.8 Å². The first-order valence-corrected chi connectivity index (χ1v) is 9.31. The molecule has 0 aliphatic heterocycles. The molecule has 1 aromatic heterocycles. The quantitative estimate of drug-likeness (QED) is 0.749. The molecule has 2 aromatic carbocycles. The third-order valence-corrected chi connectivity index (χ3v) is 4.79. The maximum Gasteiger partial charge on any atom is 0.175 e. The van der Waals surface area contributed by atoms with Crippen LogP contribution >= 0.6 is 0 Å². The summed E-state index contributed by atoms with van der Waals surface area (Å²) >= 11 is 0. The predicted octanol–water partition coefficient (Wildman–Crippen LogP) is 2.13. The molecule has 0 saturated carbocycles. The first kappa shape index (κ1) is 17.0. The van der Waals surface area contributed by atoms with Gasteiger partial charge in [-0.2, -0.15) is 4.68 Å². The van der Waals surface area contributed by atoms with E-state index in [1.807, 2.05) is 0 Å². The molecule has 1 N–H and O–H groups in total. The number of aryl methyl sites for hydroxylation is 1. The van der Waals surface area contributed by atoms with Crippen molar-refractivity contribution in [1.82, 2.24) is 20.2 Å². The lowest BCUT2D eigenvalue weighted by Gasteiger charge is -2.08. The van der Waals surface area contributed by atoms with Crippen molar-refractivity contribution in [2.75, 3.05) is 11.6 Å². The van der Waals surface area contributed by atoms with Crippen molar-refractivity contribution < 1.29 is 12.8 Å². The van der Waals surface area contributed by atoms with Crippen molar-refractivity contribution in [2.24, 2.45) is 0 Å². The summed E-state index contributed by atoms with van der Waals surface area (Å²) < 4.78 is 38.1. The highest BCUT2D eigenvalue weighted by molar-refractivity contribution is 7.90. The second kappa shape index (κ2) is 6.60. The molecule has 0 saturated heterocycles. The van der Waals surface area contributed by atoms with E-state index in [4.69, 9.17) is 0 Å². The molecule has 0 fully saturated rings. The largest absolute Gasteiger partial charge is 0.378 e. The van der Waals surface area contributed by atoms with Gasteiger partial charge in [-0.25, -0.2) is 12.8 Å². The van der Waals surface area contributed by atoms with Gasteiger partial charge in [0.05, 0.1) is 17.1 Å². The lowest BCUT2D eigenvalue weighted by molar-refractivity contribution is 0.602. The van der Waals surface area contributed by atoms with Gasteiger partial charge in [0.1, 0.15) is 5.82 Å². The molecule has 0 amide bonds. The number of benzene rings is 2. The van der Waals surface area contributed by atoms with Crippen LogP contribution in [-0.2, 0) is 16.4 Å². The van der Waals surface area contributed by atoms with E-state index < -0.39 is 9.84 Å². The van der Waals surface area contributed by atoms with Crippen LogP contribution in [0.5, 0.6) is 0 Å². The van der Waals surface area contributed by atoms with Gasteiger partial charge < -0.3 is 5.32 Å². The fourth-order valence-electron chi connectivity index (χ4n) is 2.23. The number of nitrogens with one attached hydrogen (secondary N) is 1. The third-order valence-electron chi connectivity index (χ3n) is 3.67.